The lowest BCUT2D eigenvalue weighted by molar-refractivity contribution is -0.248. The molecule has 0 aromatic rings. The summed E-state index contributed by atoms with van der Waals surface area (Å²) < 4.78 is 17.9. The van der Waals surface area contributed by atoms with Crippen molar-refractivity contribution in [2.45, 2.75) is 77.1 Å². The predicted molar refractivity (Wildman–Crippen MR) is 108 cm³/mol. The van der Waals surface area contributed by atoms with Crippen LogP contribution < -0.4 is 0 Å². The molecular formula is C24H38O5. The normalized spacial score (nSPS) is 51.4. The number of Topliss-reactive ketones (excluding diaryl/α,β-unsaturated/α-hetero) is 1. The SMILES string of the molecule is COCC1([C@H]2CC[C@H]3[C@@H]4CC[C@H]5C[C@H](O)CC[C@]5(C)[C@H]4C(=O)C[C@]23C)OCCO1. The van der Waals surface area contributed by atoms with Gasteiger partial charge in [0.25, 0.3) is 0 Å². The molecule has 0 unspecified atom stereocenters. The largest absolute Gasteiger partial charge is 0.393 e. The minimum absolute atomic E-state index is 0.0709. The fourth-order valence-corrected chi connectivity index (χ4v) is 8.83. The average molecular weight is 407 g/mol. The van der Waals surface area contributed by atoms with E-state index in [0.717, 1.165) is 44.9 Å². The molecule has 29 heavy (non-hydrogen) atoms. The van der Waals surface area contributed by atoms with E-state index in [-0.39, 0.29) is 28.8 Å². The first kappa shape index (κ1) is 20.4. The van der Waals surface area contributed by atoms with Gasteiger partial charge < -0.3 is 19.3 Å². The number of ether oxygens (including phenoxy) is 3. The van der Waals surface area contributed by atoms with Crippen molar-refractivity contribution >= 4 is 5.78 Å². The van der Waals surface area contributed by atoms with Gasteiger partial charge in [-0.15, -0.1) is 0 Å². The lowest BCUT2D eigenvalue weighted by Gasteiger charge is -2.60. The van der Waals surface area contributed by atoms with E-state index >= 15 is 0 Å². The van der Waals surface area contributed by atoms with Gasteiger partial charge in [0.1, 0.15) is 12.4 Å². The third kappa shape index (κ3) is 2.83. The molecule has 0 radical (unpaired) electrons. The molecule has 0 bridgehead atoms. The molecule has 0 amide bonds. The van der Waals surface area contributed by atoms with Crippen LogP contribution in [0, 0.1) is 40.4 Å². The lowest BCUT2D eigenvalue weighted by Crippen LogP contribution is -2.59. The third-order valence-electron chi connectivity index (χ3n) is 9.97. The number of aliphatic hydroxyl groups is 1. The summed E-state index contributed by atoms with van der Waals surface area (Å²) in [7, 11) is 1.71. The summed E-state index contributed by atoms with van der Waals surface area (Å²) in [6, 6.07) is 0. The highest BCUT2D eigenvalue weighted by Crippen LogP contribution is 2.68. The van der Waals surface area contributed by atoms with Crippen LogP contribution in [-0.4, -0.2) is 49.7 Å². The standard InChI is InChI=1S/C24H38O5/c1-22-9-8-16(25)12-15(22)4-5-17-18-6-7-20(23(18,2)13-19(26)21(17)22)24(14-27-3)28-10-11-29-24/h15-18,20-21,25H,4-14H2,1-3H3/t15-,16+,17-,18-,20-,21+,22-,23-/m0/s1. The van der Waals surface area contributed by atoms with E-state index in [1.807, 2.05) is 0 Å². The molecule has 5 heteroatoms. The zero-order chi connectivity index (χ0) is 20.4. The minimum Gasteiger partial charge on any atom is -0.393 e. The Labute approximate surface area is 174 Å². The van der Waals surface area contributed by atoms with Gasteiger partial charge in [-0.1, -0.05) is 13.8 Å². The van der Waals surface area contributed by atoms with Crippen LogP contribution in [0.1, 0.15) is 65.2 Å². The number of hydrogen-bond donors (Lipinski definition) is 1. The topological polar surface area (TPSA) is 65.0 Å². The summed E-state index contributed by atoms with van der Waals surface area (Å²) in [5, 5.41) is 10.2. The molecule has 5 rings (SSSR count). The van der Waals surface area contributed by atoms with Gasteiger partial charge in [0.15, 0.2) is 5.79 Å². The van der Waals surface area contributed by atoms with Gasteiger partial charge in [-0.05, 0) is 73.5 Å². The second-order valence-electron chi connectivity index (χ2n) is 11.2. The number of aliphatic hydroxyl groups excluding tert-OH is 1. The maximum absolute atomic E-state index is 13.8. The summed E-state index contributed by atoms with van der Waals surface area (Å²) in [5.41, 5.74) is 0.00171. The van der Waals surface area contributed by atoms with E-state index in [9.17, 15) is 9.90 Å². The average Bonchev–Trinajstić information content (AvgIpc) is 3.27. The van der Waals surface area contributed by atoms with E-state index in [1.165, 1.54) is 0 Å². The highest BCUT2D eigenvalue weighted by molar-refractivity contribution is 5.84. The maximum Gasteiger partial charge on any atom is 0.195 e. The number of fused-ring (bicyclic) bond motifs is 5. The first-order chi connectivity index (χ1) is 13.8. The van der Waals surface area contributed by atoms with Gasteiger partial charge in [-0.2, -0.15) is 0 Å². The molecular weight excluding hydrogens is 368 g/mol. The molecule has 0 aromatic heterocycles. The highest BCUT2D eigenvalue weighted by atomic mass is 16.8. The molecule has 5 fully saturated rings. The van der Waals surface area contributed by atoms with E-state index in [1.54, 1.807) is 7.11 Å². The second-order valence-corrected chi connectivity index (χ2v) is 11.2. The van der Waals surface area contributed by atoms with Crippen LogP contribution in [0.3, 0.4) is 0 Å². The van der Waals surface area contributed by atoms with Crippen molar-refractivity contribution in [3.8, 4) is 0 Å². The molecule has 5 nitrogen and oxygen atoms in total. The zero-order valence-corrected chi connectivity index (χ0v) is 18.3. The number of hydrogen-bond acceptors (Lipinski definition) is 5. The summed E-state index contributed by atoms with van der Waals surface area (Å²) in [6.45, 7) is 6.37. The fraction of sp³-hybridized carbons (Fsp3) is 0.958. The molecule has 0 aromatic carbocycles. The van der Waals surface area contributed by atoms with Gasteiger partial charge in [0.05, 0.1) is 19.3 Å². The molecule has 1 saturated heterocycles. The number of ketones is 1. The van der Waals surface area contributed by atoms with Crippen LogP contribution in [0.5, 0.6) is 0 Å². The summed E-state index contributed by atoms with van der Waals surface area (Å²) in [5.74, 6) is 1.71. The van der Waals surface area contributed by atoms with Crippen molar-refractivity contribution in [2.24, 2.45) is 40.4 Å². The first-order valence-corrected chi connectivity index (χ1v) is 11.8. The lowest BCUT2D eigenvalue weighted by atomic mass is 9.44. The Kier molecular flexibility index (Phi) is 4.94. The van der Waals surface area contributed by atoms with Crippen LogP contribution in [-0.2, 0) is 19.0 Å². The molecule has 8 atom stereocenters. The monoisotopic (exact) mass is 406 g/mol. The van der Waals surface area contributed by atoms with Gasteiger partial charge in [0, 0.05) is 25.4 Å². The molecule has 4 aliphatic carbocycles. The van der Waals surface area contributed by atoms with E-state index < -0.39 is 5.79 Å². The van der Waals surface area contributed by atoms with E-state index in [2.05, 4.69) is 13.8 Å². The van der Waals surface area contributed by atoms with Crippen molar-refractivity contribution in [1.29, 1.82) is 0 Å². The van der Waals surface area contributed by atoms with E-state index in [0.29, 0.717) is 49.8 Å². The summed E-state index contributed by atoms with van der Waals surface area (Å²) >= 11 is 0. The Hall–Kier alpha value is -0.490. The summed E-state index contributed by atoms with van der Waals surface area (Å²) in [4.78, 5) is 13.8. The maximum atomic E-state index is 13.8. The number of carbonyl (C=O) groups is 1. The zero-order valence-electron chi connectivity index (χ0n) is 18.3. The van der Waals surface area contributed by atoms with Crippen molar-refractivity contribution in [2.75, 3.05) is 26.9 Å². The van der Waals surface area contributed by atoms with Crippen LogP contribution in [0.25, 0.3) is 0 Å². The van der Waals surface area contributed by atoms with Crippen molar-refractivity contribution < 1.29 is 24.1 Å². The fourth-order valence-electron chi connectivity index (χ4n) is 8.83. The highest BCUT2D eigenvalue weighted by Gasteiger charge is 2.67. The Morgan fingerprint density at radius 3 is 2.55 bits per heavy atom. The Balaban J connectivity index is 1.46. The van der Waals surface area contributed by atoms with Crippen molar-refractivity contribution in [3.63, 3.8) is 0 Å². The van der Waals surface area contributed by atoms with Gasteiger partial charge in [0.2, 0.25) is 0 Å². The van der Waals surface area contributed by atoms with Crippen LogP contribution in [0.2, 0.25) is 0 Å². The van der Waals surface area contributed by atoms with Gasteiger partial charge in [-0.25, -0.2) is 0 Å². The molecule has 5 aliphatic rings. The van der Waals surface area contributed by atoms with Crippen LogP contribution in [0.15, 0.2) is 0 Å². The number of carbonyl (C=O) groups excluding carboxylic acids is 1. The number of rotatable bonds is 3. The van der Waals surface area contributed by atoms with Crippen molar-refractivity contribution in [3.05, 3.63) is 0 Å². The predicted octanol–water partition coefficient (Wildman–Crippen LogP) is 3.57. The second kappa shape index (κ2) is 7.01. The Morgan fingerprint density at radius 2 is 1.83 bits per heavy atom. The minimum atomic E-state index is -0.679. The summed E-state index contributed by atoms with van der Waals surface area (Å²) in [6.07, 6.45) is 7.73. The Bertz CT molecular complexity index is 658. The molecule has 4 saturated carbocycles. The molecule has 1 aliphatic heterocycles. The van der Waals surface area contributed by atoms with E-state index in [4.69, 9.17) is 14.2 Å². The van der Waals surface area contributed by atoms with Gasteiger partial charge >= 0.3 is 0 Å². The third-order valence-corrected chi connectivity index (χ3v) is 9.97. The smallest absolute Gasteiger partial charge is 0.195 e. The molecule has 1 heterocycles. The molecule has 0 spiro atoms. The quantitative estimate of drug-likeness (QED) is 0.776. The van der Waals surface area contributed by atoms with Crippen LogP contribution in [0.4, 0.5) is 0 Å². The first-order valence-electron chi connectivity index (χ1n) is 11.8. The molecule has 164 valence electrons. The Morgan fingerprint density at radius 1 is 1.07 bits per heavy atom. The van der Waals surface area contributed by atoms with Gasteiger partial charge in [-0.3, -0.25) is 4.79 Å². The molecule has 1 N–H and O–H groups in total. The number of methoxy groups -OCH3 is 1. The van der Waals surface area contributed by atoms with Crippen molar-refractivity contribution in [1.82, 2.24) is 0 Å². The van der Waals surface area contributed by atoms with Crippen LogP contribution >= 0.6 is 0 Å².